The van der Waals surface area contributed by atoms with Crippen molar-refractivity contribution in [2.24, 2.45) is 38.9 Å². The first-order chi connectivity index (χ1) is 15.1. The van der Waals surface area contributed by atoms with Gasteiger partial charge in [-0.1, -0.05) is 86.1 Å². The second kappa shape index (κ2) is 5.71. The zero-order chi connectivity index (χ0) is 24.1. The zero-order valence-corrected chi connectivity index (χ0v) is 21.9. The molecule has 6 aliphatic rings. The summed E-state index contributed by atoms with van der Waals surface area (Å²) in [5.74, 6) is 0.842. The Labute approximate surface area is 197 Å². The Bertz CT molecular complexity index is 1240. The first-order valence-corrected chi connectivity index (χ1v) is 13.0. The van der Waals surface area contributed by atoms with Crippen LogP contribution in [-0.2, 0) is 0 Å². The first-order valence-electron chi connectivity index (χ1n) is 13.0. The van der Waals surface area contributed by atoms with Gasteiger partial charge in [-0.3, -0.25) is 0 Å². The van der Waals surface area contributed by atoms with Gasteiger partial charge in [-0.25, -0.2) is 23.5 Å². The van der Waals surface area contributed by atoms with Crippen molar-refractivity contribution in [3.05, 3.63) is 44.8 Å². The SMILES string of the molecule is CC(C)(C)C1=C[C@@]2(C(C)(C)C)[C@H]1[C@H]1C=C[C@H]2n2c(=O)n([C@@H]3C[C@H]4CC[C@]3(C)C4(C)C)c(=O)n21. The molecule has 0 spiro atoms. The lowest BCUT2D eigenvalue weighted by Gasteiger charge is -2.66. The topological polar surface area (TPSA) is 48.9 Å². The summed E-state index contributed by atoms with van der Waals surface area (Å²) in [6.45, 7) is 20.7. The van der Waals surface area contributed by atoms with E-state index < -0.39 is 0 Å². The van der Waals surface area contributed by atoms with Gasteiger partial charge in [0.2, 0.25) is 0 Å². The standard InChI is InChI=1S/C28H41N3O2/c1-24(2,3)17-15-28(25(4,5)6)19-11-10-18(21(17)28)30-22(32)29(23(33)31(19)30)20-14-16-12-13-27(20,9)26(16,7)8/h10-11,15-16,18-21H,12-14H2,1-9H3/t16-,18-,19-,20-,21-,27+,28+/m1/s1. The van der Waals surface area contributed by atoms with Gasteiger partial charge in [-0.15, -0.1) is 0 Å². The van der Waals surface area contributed by atoms with Gasteiger partial charge < -0.3 is 0 Å². The van der Waals surface area contributed by atoms with E-state index in [2.05, 4.69) is 80.5 Å². The van der Waals surface area contributed by atoms with Gasteiger partial charge in [0.1, 0.15) is 0 Å². The van der Waals surface area contributed by atoms with Gasteiger partial charge in [-0.2, -0.15) is 0 Å². The number of nitrogens with zero attached hydrogens (tertiary/aromatic N) is 3. The molecule has 1 aromatic rings. The fourth-order valence-corrected chi connectivity index (χ4v) is 8.97. The lowest BCUT2D eigenvalue weighted by Crippen LogP contribution is -2.64. The highest BCUT2D eigenvalue weighted by molar-refractivity contribution is 5.44. The summed E-state index contributed by atoms with van der Waals surface area (Å²) in [5.41, 5.74) is 1.28. The number of rotatable bonds is 1. The smallest absolute Gasteiger partial charge is 0.246 e. The van der Waals surface area contributed by atoms with E-state index in [-0.39, 0.29) is 62.5 Å². The van der Waals surface area contributed by atoms with Crippen molar-refractivity contribution in [2.75, 3.05) is 0 Å². The van der Waals surface area contributed by atoms with E-state index >= 15 is 0 Å². The molecule has 3 heterocycles. The minimum Gasteiger partial charge on any atom is -0.246 e. The molecule has 33 heavy (non-hydrogen) atoms. The van der Waals surface area contributed by atoms with Crippen LogP contribution in [-0.4, -0.2) is 13.9 Å². The predicted molar refractivity (Wildman–Crippen MR) is 131 cm³/mol. The van der Waals surface area contributed by atoms with Crippen molar-refractivity contribution >= 4 is 0 Å². The Morgan fingerprint density at radius 3 is 2.09 bits per heavy atom. The van der Waals surface area contributed by atoms with Crippen molar-refractivity contribution in [3.8, 4) is 0 Å². The molecule has 2 aliphatic heterocycles. The summed E-state index contributed by atoms with van der Waals surface area (Å²) in [6.07, 6.45) is 10.2. The molecule has 4 aliphatic carbocycles. The summed E-state index contributed by atoms with van der Waals surface area (Å²) in [7, 11) is 0. The Kier molecular flexibility index (Phi) is 3.76. The van der Waals surface area contributed by atoms with Crippen molar-refractivity contribution in [1.82, 2.24) is 13.9 Å². The number of fused-ring (bicyclic) bond motifs is 2. The number of hydrogen-bond acceptors (Lipinski definition) is 2. The molecule has 0 amide bonds. The fraction of sp³-hybridized carbons (Fsp3) is 0.786. The quantitative estimate of drug-likeness (QED) is 0.530. The number of hydrogen-bond donors (Lipinski definition) is 0. The third-order valence-electron chi connectivity index (χ3n) is 11.4. The van der Waals surface area contributed by atoms with Crippen LogP contribution in [0.1, 0.15) is 99.7 Å². The maximum absolute atomic E-state index is 14.1. The maximum atomic E-state index is 14.1. The maximum Gasteiger partial charge on any atom is 0.348 e. The van der Waals surface area contributed by atoms with E-state index in [1.165, 1.54) is 12.0 Å². The molecular formula is C28H41N3O2. The average Bonchev–Trinajstić information content (AvgIpc) is 3.11. The predicted octanol–water partition coefficient (Wildman–Crippen LogP) is 5.50. The van der Waals surface area contributed by atoms with E-state index in [9.17, 15) is 9.59 Å². The first kappa shape index (κ1) is 21.7. The Morgan fingerprint density at radius 1 is 0.939 bits per heavy atom. The minimum absolute atomic E-state index is 0.00506. The number of allylic oxidation sites excluding steroid dienone is 4. The molecule has 5 nitrogen and oxygen atoms in total. The second-order valence-electron chi connectivity index (χ2n) is 14.6. The third-order valence-corrected chi connectivity index (χ3v) is 11.4. The highest BCUT2D eigenvalue weighted by Gasteiger charge is 2.68. The monoisotopic (exact) mass is 451 g/mol. The summed E-state index contributed by atoms with van der Waals surface area (Å²) in [5, 5.41) is 0. The van der Waals surface area contributed by atoms with Gasteiger partial charge in [0.15, 0.2) is 0 Å². The van der Waals surface area contributed by atoms with E-state index in [1.807, 2.05) is 9.36 Å². The van der Waals surface area contributed by atoms with Crippen LogP contribution in [0.2, 0.25) is 0 Å². The molecule has 180 valence electrons. The molecule has 1 aromatic heterocycles. The second-order valence-corrected chi connectivity index (χ2v) is 14.6. The molecule has 0 saturated heterocycles. The molecule has 0 N–H and O–H groups in total. The fourth-order valence-electron chi connectivity index (χ4n) is 8.97. The van der Waals surface area contributed by atoms with Gasteiger partial charge in [-0.05, 0) is 46.8 Å². The van der Waals surface area contributed by atoms with E-state index in [0.717, 1.165) is 12.8 Å². The number of aromatic nitrogens is 3. The largest absolute Gasteiger partial charge is 0.348 e. The lowest BCUT2D eigenvalue weighted by atomic mass is 9.41. The summed E-state index contributed by atoms with van der Waals surface area (Å²) < 4.78 is 5.39. The Balaban J connectivity index is 1.57. The van der Waals surface area contributed by atoms with Crippen molar-refractivity contribution in [3.63, 3.8) is 0 Å². The van der Waals surface area contributed by atoms with Crippen molar-refractivity contribution in [1.29, 1.82) is 0 Å². The summed E-state index contributed by atoms with van der Waals surface area (Å²) >= 11 is 0. The average molecular weight is 452 g/mol. The molecule has 0 radical (unpaired) electrons. The zero-order valence-electron chi connectivity index (χ0n) is 21.9. The minimum atomic E-state index is -0.144. The summed E-state index contributed by atoms with van der Waals surface area (Å²) in [6, 6.07) is -0.205. The molecule has 2 saturated carbocycles. The van der Waals surface area contributed by atoms with Crippen LogP contribution in [0.3, 0.4) is 0 Å². The molecular weight excluding hydrogens is 410 g/mol. The van der Waals surface area contributed by atoms with Gasteiger partial charge in [0, 0.05) is 17.4 Å². The van der Waals surface area contributed by atoms with Crippen LogP contribution in [0, 0.1) is 38.9 Å². The normalized spacial score (nSPS) is 42.2. The molecule has 7 atom stereocenters. The van der Waals surface area contributed by atoms with Crippen LogP contribution in [0.15, 0.2) is 33.4 Å². The molecule has 0 unspecified atom stereocenters. The third kappa shape index (κ3) is 2.13. The van der Waals surface area contributed by atoms with Crippen LogP contribution in [0.5, 0.6) is 0 Å². The van der Waals surface area contributed by atoms with Gasteiger partial charge >= 0.3 is 11.4 Å². The molecule has 0 aromatic carbocycles. The lowest BCUT2D eigenvalue weighted by molar-refractivity contribution is -0.0653. The van der Waals surface area contributed by atoms with Crippen LogP contribution in [0.25, 0.3) is 0 Å². The highest BCUT2D eigenvalue weighted by atomic mass is 16.2. The summed E-state index contributed by atoms with van der Waals surface area (Å²) in [4.78, 5) is 28.2. The van der Waals surface area contributed by atoms with E-state index in [0.29, 0.717) is 5.92 Å². The molecule has 2 fully saturated rings. The highest BCUT2D eigenvalue weighted by Crippen LogP contribution is 2.72. The van der Waals surface area contributed by atoms with Crippen LogP contribution < -0.4 is 11.4 Å². The van der Waals surface area contributed by atoms with Crippen molar-refractivity contribution in [2.45, 2.75) is 99.7 Å². The van der Waals surface area contributed by atoms with E-state index in [4.69, 9.17) is 0 Å². The molecule has 7 rings (SSSR count). The van der Waals surface area contributed by atoms with Gasteiger partial charge in [0.05, 0.1) is 12.1 Å². The molecule has 4 bridgehead atoms. The van der Waals surface area contributed by atoms with Crippen LogP contribution >= 0.6 is 0 Å². The van der Waals surface area contributed by atoms with Crippen LogP contribution in [0.4, 0.5) is 0 Å². The Morgan fingerprint density at radius 2 is 1.58 bits per heavy atom. The van der Waals surface area contributed by atoms with E-state index in [1.54, 1.807) is 4.57 Å². The van der Waals surface area contributed by atoms with Gasteiger partial charge in [0.25, 0.3) is 0 Å². The Hall–Kier alpha value is -1.78. The van der Waals surface area contributed by atoms with Crippen molar-refractivity contribution < 1.29 is 0 Å². The molecule has 5 heteroatoms.